The maximum atomic E-state index is 14.6. The van der Waals surface area contributed by atoms with Crippen LogP contribution in [0.25, 0.3) is 5.76 Å². The summed E-state index contributed by atoms with van der Waals surface area (Å²) in [5.74, 6) is -2.24. The van der Waals surface area contributed by atoms with E-state index in [2.05, 4.69) is 0 Å². The summed E-state index contributed by atoms with van der Waals surface area (Å²) in [5, 5.41) is 13.5. The second kappa shape index (κ2) is 10.8. The minimum atomic E-state index is -0.948. The van der Waals surface area contributed by atoms with Gasteiger partial charge in [0.05, 0.1) is 53.6 Å². The van der Waals surface area contributed by atoms with Gasteiger partial charge in [0.2, 0.25) is 5.78 Å². The van der Waals surface area contributed by atoms with Crippen molar-refractivity contribution in [2.45, 2.75) is 26.0 Å². The number of halogens is 1. The molecule has 0 aromatic heterocycles. The number of Topliss-reactive ketones (excluding diaryl/α,β-unsaturated/α-hetero) is 1. The molecule has 1 amide bonds. The van der Waals surface area contributed by atoms with Gasteiger partial charge in [0.25, 0.3) is 5.91 Å². The summed E-state index contributed by atoms with van der Waals surface area (Å²) in [4.78, 5) is 28.6. The van der Waals surface area contributed by atoms with Crippen molar-refractivity contribution in [2.75, 3.05) is 41.4 Å². The van der Waals surface area contributed by atoms with E-state index in [4.69, 9.17) is 14.2 Å². The van der Waals surface area contributed by atoms with Crippen molar-refractivity contribution in [2.24, 2.45) is 0 Å². The van der Waals surface area contributed by atoms with Gasteiger partial charge < -0.3 is 29.1 Å². The predicted molar refractivity (Wildman–Crippen MR) is 126 cm³/mol. The molecular weight excluding hydrogens is 455 g/mol. The van der Waals surface area contributed by atoms with E-state index in [0.29, 0.717) is 23.6 Å². The first-order chi connectivity index (χ1) is 16.6. The van der Waals surface area contributed by atoms with E-state index in [1.165, 1.54) is 31.3 Å². The molecule has 0 spiro atoms. The lowest BCUT2D eigenvalue weighted by molar-refractivity contribution is -0.857. The van der Waals surface area contributed by atoms with Crippen molar-refractivity contribution in [3.8, 4) is 17.2 Å². The van der Waals surface area contributed by atoms with Crippen LogP contribution < -0.4 is 24.2 Å². The summed E-state index contributed by atoms with van der Waals surface area (Å²) in [6.45, 7) is 4.32. The van der Waals surface area contributed by atoms with E-state index in [0.717, 1.165) is 11.0 Å². The number of hydrogen-bond acceptors (Lipinski definition) is 6. The summed E-state index contributed by atoms with van der Waals surface area (Å²) in [6, 6.07) is 7.80. The SMILES string of the molecule is COc1ccc(C2C(=C([O-])c3ccc(OC(C)C)c(F)c3)C(=O)C(=O)N2CC[NH+](C)C)cc1OC. The third-order valence-corrected chi connectivity index (χ3v) is 5.66. The monoisotopic (exact) mass is 486 g/mol. The molecule has 1 heterocycles. The van der Waals surface area contributed by atoms with E-state index in [1.54, 1.807) is 32.0 Å². The molecule has 8 nitrogen and oxygen atoms in total. The lowest BCUT2D eigenvalue weighted by atomic mass is 9.95. The smallest absolute Gasteiger partial charge is 0.295 e. The third kappa shape index (κ3) is 5.40. The van der Waals surface area contributed by atoms with Crippen molar-refractivity contribution >= 4 is 17.4 Å². The van der Waals surface area contributed by atoms with Gasteiger partial charge in [-0.05, 0) is 49.2 Å². The number of methoxy groups -OCH3 is 2. The number of carbonyl (C=O) groups is 2. The van der Waals surface area contributed by atoms with Crippen molar-refractivity contribution < 1.29 is 38.2 Å². The highest BCUT2D eigenvalue weighted by Gasteiger charge is 2.44. The minimum Gasteiger partial charge on any atom is -0.872 e. The summed E-state index contributed by atoms with van der Waals surface area (Å²) >= 11 is 0. The summed E-state index contributed by atoms with van der Waals surface area (Å²) < 4.78 is 30.7. The first kappa shape index (κ1) is 26.0. The van der Waals surface area contributed by atoms with Crippen LogP contribution in [-0.4, -0.2) is 64.1 Å². The van der Waals surface area contributed by atoms with Crippen LogP contribution >= 0.6 is 0 Å². The number of nitrogens with one attached hydrogen (secondary N) is 1. The van der Waals surface area contributed by atoms with Crippen LogP contribution in [-0.2, 0) is 9.59 Å². The molecular formula is C26H31FN2O6. The fraction of sp³-hybridized carbons (Fsp3) is 0.385. The molecule has 1 unspecified atom stereocenters. The van der Waals surface area contributed by atoms with E-state index in [1.807, 2.05) is 14.1 Å². The van der Waals surface area contributed by atoms with Gasteiger partial charge in [-0.2, -0.15) is 0 Å². The van der Waals surface area contributed by atoms with Gasteiger partial charge in [-0.3, -0.25) is 9.59 Å². The standard InChI is InChI=1S/C26H31FN2O6/c1-15(2)35-19-9-8-17(13-18(19)27)24(30)22-23(16-7-10-20(33-5)21(14-16)34-6)29(12-11-28(3)4)26(32)25(22)31/h7-10,13-15,23,30H,11-12H2,1-6H3. The molecule has 35 heavy (non-hydrogen) atoms. The number of benzene rings is 2. The molecule has 0 bridgehead atoms. The van der Waals surface area contributed by atoms with Crippen molar-refractivity contribution in [3.63, 3.8) is 0 Å². The lowest BCUT2D eigenvalue weighted by Gasteiger charge is -2.28. The van der Waals surface area contributed by atoms with Gasteiger partial charge in [-0.15, -0.1) is 0 Å². The highest BCUT2D eigenvalue weighted by Crippen LogP contribution is 2.41. The molecule has 2 aromatic rings. The summed E-state index contributed by atoms with van der Waals surface area (Å²) in [5.41, 5.74) is 0.243. The molecule has 188 valence electrons. The molecule has 1 atom stereocenters. The Balaban J connectivity index is 2.16. The summed E-state index contributed by atoms with van der Waals surface area (Å²) in [6.07, 6.45) is -0.253. The summed E-state index contributed by atoms with van der Waals surface area (Å²) in [7, 11) is 6.81. The van der Waals surface area contributed by atoms with Gasteiger partial charge in [0.1, 0.15) is 0 Å². The average molecular weight is 487 g/mol. The Hall–Kier alpha value is -3.59. The fourth-order valence-electron chi connectivity index (χ4n) is 3.96. The first-order valence-electron chi connectivity index (χ1n) is 11.3. The van der Waals surface area contributed by atoms with E-state index < -0.39 is 29.3 Å². The molecule has 1 saturated heterocycles. The van der Waals surface area contributed by atoms with Crippen LogP contribution in [0.5, 0.6) is 17.2 Å². The molecule has 0 aliphatic carbocycles. The van der Waals surface area contributed by atoms with Crippen LogP contribution in [0.15, 0.2) is 42.0 Å². The normalized spacial score (nSPS) is 17.4. The third-order valence-electron chi connectivity index (χ3n) is 5.66. The molecule has 0 saturated carbocycles. The molecule has 2 aromatic carbocycles. The highest BCUT2D eigenvalue weighted by molar-refractivity contribution is 6.46. The number of likely N-dealkylation sites (tertiary alicyclic amines) is 1. The number of ketones is 1. The van der Waals surface area contributed by atoms with Crippen molar-refractivity contribution in [1.29, 1.82) is 0 Å². The fourth-order valence-corrected chi connectivity index (χ4v) is 3.96. The Bertz CT molecular complexity index is 1140. The molecule has 1 fully saturated rings. The number of hydrogen-bond donors (Lipinski definition) is 1. The van der Waals surface area contributed by atoms with Gasteiger partial charge in [-0.25, -0.2) is 4.39 Å². The Morgan fingerprint density at radius 2 is 1.71 bits per heavy atom. The van der Waals surface area contributed by atoms with E-state index in [9.17, 15) is 19.1 Å². The van der Waals surface area contributed by atoms with Crippen molar-refractivity contribution in [1.82, 2.24) is 4.90 Å². The number of likely N-dealkylation sites (N-methyl/N-ethyl adjacent to an activating group) is 1. The Morgan fingerprint density at radius 3 is 2.29 bits per heavy atom. The Morgan fingerprint density at radius 1 is 1.06 bits per heavy atom. The van der Waals surface area contributed by atoms with Crippen LogP contribution in [0, 0.1) is 5.82 Å². The molecule has 1 aliphatic rings. The number of ether oxygens (including phenoxy) is 3. The van der Waals surface area contributed by atoms with Gasteiger partial charge in [-0.1, -0.05) is 17.9 Å². The van der Waals surface area contributed by atoms with Crippen molar-refractivity contribution in [3.05, 3.63) is 58.9 Å². The number of carbonyl (C=O) groups excluding carboxylic acids is 2. The second-order valence-corrected chi connectivity index (χ2v) is 8.86. The lowest BCUT2D eigenvalue weighted by Crippen LogP contribution is -3.06. The van der Waals surface area contributed by atoms with Crippen LogP contribution in [0.1, 0.15) is 31.0 Å². The van der Waals surface area contributed by atoms with Gasteiger partial charge in [0.15, 0.2) is 23.1 Å². The zero-order chi connectivity index (χ0) is 25.9. The number of quaternary nitrogens is 1. The molecule has 3 rings (SSSR count). The van der Waals surface area contributed by atoms with E-state index >= 15 is 0 Å². The van der Waals surface area contributed by atoms with Gasteiger partial charge >= 0.3 is 0 Å². The van der Waals surface area contributed by atoms with Gasteiger partial charge in [0, 0.05) is 5.57 Å². The average Bonchev–Trinajstić information content (AvgIpc) is 3.07. The van der Waals surface area contributed by atoms with Crippen LogP contribution in [0.3, 0.4) is 0 Å². The quantitative estimate of drug-likeness (QED) is 0.323. The predicted octanol–water partition coefficient (Wildman–Crippen LogP) is 0.999. The Kier molecular flexibility index (Phi) is 8.01. The maximum absolute atomic E-state index is 14.6. The minimum absolute atomic E-state index is 0.00222. The zero-order valence-electron chi connectivity index (χ0n) is 20.8. The number of nitrogens with zero attached hydrogens (tertiary/aromatic N) is 1. The maximum Gasteiger partial charge on any atom is 0.295 e. The molecule has 1 N–H and O–H groups in total. The highest BCUT2D eigenvalue weighted by atomic mass is 19.1. The van der Waals surface area contributed by atoms with Crippen LogP contribution in [0.4, 0.5) is 4.39 Å². The zero-order valence-corrected chi connectivity index (χ0v) is 20.8. The number of rotatable bonds is 9. The molecule has 9 heteroatoms. The molecule has 0 radical (unpaired) electrons. The second-order valence-electron chi connectivity index (χ2n) is 8.86. The largest absolute Gasteiger partial charge is 0.872 e. The Labute approximate surface area is 204 Å². The molecule has 1 aliphatic heterocycles. The van der Waals surface area contributed by atoms with Crippen LogP contribution in [0.2, 0.25) is 0 Å². The number of amides is 1. The first-order valence-corrected chi connectivity index (χ1v) is 11.3. The topological polar surface area (TPSA) is 92.6 Å². The van der Waals surface area contributed by atoms with E-state index in [-0.39, 0.29) is 29.5 Å².